The van der Waals surface area contributed by atoms with Crippen LogP contribution in [0.3, 0.4) is 0 Å². The van der Waals surface area contributed by atoms with E-state index in [1.165, 1.54) is 36.4 Å². The molecule has 0 N–H and O–H groups in total. The van der Waals surface area contributed by atoms with Gasteiger partial charge in [0.05, 0.1) is 0 Å². The van der Waals surface area contributed by atoms with Gasteiger partial charge in [-0.15, -0.1) is 0 Å². The molecule has 0 saturated carbocycles. The Kier molecular flexibility index (Phi) is 2.46. The fourth-order valence-electron chi connectivity index (χ4n) is 1.35. The van der Waals surface area contributed by atoms with E-state index in [4.69, 9.17) is 0 Å². The van der Waals surface area contributed by atoms with Gasteiger partial charge in [-0.3, -0.25) is 0 Å². The summed E-state index contributed by atoms with van der Waals surface area (Å²) in [6, 6.07) is 8.67. The van der Waals surface area contributed by atoms with Crippen LogP contribution in [-0.2, 0) is 0 Å². The molecule has 2 rings (SSSR count). The zero-order chi connectivity index (χ0) is 10.8. The van der Waals surface area contributed by atoms with Crippen molar-refractivity contribution in [2.75, 3.05) is 0 Å². The molecule has 3 heteroatoms. The van der Waals surface area contributed by atoms with Crippen molar-refractivity contribution in [2.24, 2.45) is 0 Å². The molecule has 0 radical (unpaired) electrons. The number of benzene rings is 2. The Morgan fingerprint density at radius 1 is 0.667 bits per heavy atom. The fraction of sp³-hybridized carbons (Fsp3) is 0. The van der Waals surface area contributed by atoms with Gasteiger partial charge in [-0.25, -0.2) is 13.2 Å². The normalized spacial score (nSPS) is 10.3. The van der Waals surface area contributed by atoms with Crippen molar-refractivity contribution in [1.29, 1.82) is 0 Å². The highest BCUT2D eigenvalue weighted by Gasteiger charge is 2.05. The van der Waals surface area contributed by atoms with E-state index in [-0.39, 0.29) is 11.4 Å². The molecule has 0 spiro atoms. The van der Waals surface area contributed by atoms with Crippen LogP contribution in [0.4, 0.5) is 13.2 Å². The van der Waals surface area contributed by atoms with Crippen LogP contribution >= 0.6 is 0 Å². The molecule has 0 atom stereocenters. The van der Waals surface area contributed by atoms with Crippen molar-refractivity contribution in [3.63, 3.8) is 0 Å². The Bertz CT molecular complexity index is 475. The largest absolute Gasteiger partial charge is 0.207 e. The highest BCUT2D eigenvalue weighted by Crippen LogP contribution is 2.23. The number of rotatable bonds is 1. The molecular formula is C12H7F3. The summed E-state index contributed by atoms with van der Waals surface area (Å²) in [5.41, 5.74) is 0.783. The molecule has 0 nitrogen and oxygen atoms in total. The van der Waals surface area contributed by atoms with Gasteiger partial charge >= 0.3 is 0 Å². The van der Waals surface area contributed by atoms with Crippen LogP contribution in [0.25, 0.3) is 11.1 Å². The topological polar surface area (TPSA) is 0 Å². The van der Waals surface area contributed by atoms with Gasteiger partial charge in [-0.1, -0.05) is 12.1 Å². The van der Waals surface area contributed by atoms with E-state index in [9.17, 15) is 13.2 Å². The van der Waals surface area contributed by atoms with Gasteiger partial charge in [0.15, 0.2) is 0 Å². The SMILES string of the molecule is Fc1ccc(-c2ccc(F)cc2F)cc1. The summed E-state index contributed by atoms with van der Waals surface area (Å²) in [7, 11) is 0. The molecule has 0 aliphatic heterocycles. The lowest BCUT2D eigenvalue weighted by Gasteiger charge is -2.02. The highest BCUT2D eigenvalue weighted by atomic mass is 19.1. The van der Waals surface area contributed by atoms with Gasteiger partial charge in [-0.2, -0.15) is 0 Å². The molecule has 0 aliphatic rings. The molecule has 0 unspecified atom stereocenters. The maximum atomic E-state index is 13.3. The average Bonchev–Trinajstić information content (AvgIpc) is 2.20. The van der Waals surface area contributed by atoms with Crippen LogP contribution in [-0.4, -0.2) is 0 Å². The van der Waals surface area contributed by atoms with E-state index in [1.807, 2.05) is 0 Å². The zero-order valence-electron chi connectivity index (χ0n) is 7.68. The Morgan fingerprint density at radius 3 is 1.87 bits per heavy atom. The van der Waals surface area contributed by atoms with Gasteiger partial charge in [0.1, 0.15) is 17.5 Å². The molecule has 0 bridgehead atoms. The van der Waals surface area contributed by atoms with Crippen molar-refractivity contribution in [3.8, 4) is 11.1 Å². The number of halogens is 3. The average molecular weight is 208 g/mol. The van der Waals surface area contributed by atoms with E-state index in [0.29, 0.717) is 5.56 Å². The molecule has 2 aromatic rings. The van der Waals surface area contributed by atoms with Crippen molar-refractivity contribution < 1.29 is 13.2 Å². The van der Waals surface area contributed by atoms with Gasteiger partial charge in [0.25, 0.3) is 0 Å². The summed E-state index contributed by atoms with van der Waals surface area (Å²) in [5, 5.41) is 0. The number of hydrogen-bond donors (Lipinski definition) is 0. The molecular weight excluding hydrogens is 201 g/mol. The smallest absolute Gasteiger partial charge is 0.133 e. The molecule has 0 aliphatic carbocycles. The summed E-state index contributed by atoms with van der Waals surface area (Å²) in [4.78, 5) is 0. The van der Waals surface area contributed by atoms with Crippen molar-refractivity contribution in [1.82, 2.24) is 0 Å². The van der Waals surface area contributed by atoms with E-state index in [0.717, 1.165) is 6.07 Å². The third-order valence-corrected chi connectivity index (χ3v) is 2.09. The van der Waals surface area contributed by atoms with E-state index in [2.05, 4.69) is 0 Å². The summed E-state index contributed by atoms with van der Waals surface area (Å²) in [5.74, 6) is -1.67. The van der Waals surface area contributed by atoms with Crippen molar-refractivity contribution in [3.05, 3.63) is 59.9 Å². The first-order chi connectivity index (χ1) is 7.16. The predicted octanol–water partition coefficient (Wildman–Crippen LogP) is 3.77. The predicted molar refractivity (Wildman–Crippen MR) is 51.8 cm³/mol. The van der Waals surface area contributed by atoms with Crippen molar-refractivity contribution in [2.45, 2.75) is 0 Å². The monoisotopic (exact) mass is 208 g/mol. The molecule has 15 heavy (non-hydrogen) atoms. The second kappa shape index (κ2) is 3.77. The fourth-order valence-corrected chi connectivity index (χ4v) is 1.35. The van der Waals surface area contributed by atoms with Crippen LogP contribution in [0.2, 0.25) is 0 Å². The summed E-state index contributed by atoms with van der Waals surface area (Å²) >= 11 is 0. The maximum absolute atomic E-state index is 13.3. The molecule has 0 amide bonds. The molecule has 76 valence electrons. The van der Waals surface area contributed by atoms with Crippen LogP contribution in [0.1, 0.15) is 0 Å². The van der Waals surface area contributed by atoms with Crippen LogP contribution in [0.5, 0.6) is 0 Å². The summed E-state index contributed by atoms with van der Waals surface area (Å²) in [6.07, 6.45) is 0. The van der Waals surface area contributed by atoms with E-state index in [1.54, 1.807) is 0 Å². The summed E-state index contributed by atoms with van der Waals surface area (Å²) < 4.78 is 38.5. The molecule has 0 aromatic heterocycles. The minimum atomic E-state index is -0.651. The van der Waals surface area contributed by atoms with Gasteiger partial charge in [-0.05, 0) is 29.8 Å². The van der Waals surface area contributed by atoms with Gasteiger partial charge < -0.3 is 0 Å². The second-order valence-corrected chi connectivity index (χ2v) is 3.13. The number of hydrogen-bond acceptors (Lipinski definition) is 0. The zero-order valence-corrected chi connectivity index (χ0v) is 7.68. The lowest BCUT2D eigenvalue weighted by atomic mass is 10.1. The molecule has 0 fully saturated rings. The third kappa shape index (κ3) is 2.01. The first-order valence-corrected chi connectivity index (χ1v) is 4.38. The Hall–Kier alpha value is -1.77. The molecule has 0 heterocycles. The first-order valence-electron chi connectivity index (χ1n) is 4.38. The quantitative estimate of drug-likeness (QED) is 0.669. The van der Waals surface area contributed by atoms with Gasteiger partial charge in [0.2, 0.25) is 0 Å². The minimum Gasteiger partial charge on any atom is -0.207 e. The van der Waals surface area contributed by atoms with Gasteiger partial charge in [0, 0.05) is 11.6 Å². The van der Waals surface area contributed by atoms with Crippen LogP contribution < -0.4 is 0 Å². The Labute approximate surface area is 85.0 Å². The van der Waals surface area contributed by atoms with Crippen molar-refractivity contribution >= 4 is 0 Å². The lowest BCUT2D eigenvalue weighted by molar-refractivity contribution is 0.585. The molecule has 2 aromatic carbocycles. The first kappa shape index (κ1) is 9.77. The van der Waals surface area contributed by atoms with Crippen LogP contribution in [0.15, 0.2) is 42.5 Å². The lowest BCUT2D eigenvalue weighted by Crippen LogP contribution is -1.86. The standard InChI is InChI=1S/C12H7F3/c13-9-3-1-8(2-4-9)11-6-5-10(14)7-12(11)15/h1-7H. The summed E-state index contributed by atoms with van der Waals surface area (Å²) in [6.45, 7) is 0. The maximum Gasteiger partial charge on any atom is 0.133 e. The Balaban J connectivity index is 2.49. The Morgan fingerprint density at radius 2 is 1.27 bits per heavy atom. The minimum absolute atomic E-state index is 0.261. The highest BCUT2D eigenvalue weighted by molar-refractivity contribution is 5.63. The van der Waals surface area contributed by atoms with E-state index < -0.39 is 11.6 Å². The molecule has 0 saturated heterocycles. The van der Waals surface area contributed by atoms with E-state index >= 15 is 0 Å². The van der Waals surface area contributed by atoms with Crippen LogP contribution in [0, 0.1) is 17.5 Å². The second-order valence-electron chi connectivity index (χ2n) is 3.13. The third-order valence-electron chi connectivity index (χ3n) is 2.09.